The second kappa shape index (κ2) is 14.4. The number of aromatic hydroxyl groups is 2. The van der Waals surface area contributed by atoms with Crippen molar-refractivity contribution >= 4 is 41.3 Å². The predicted octanol–water partition coefficient (Wildman–Crippen LogP) is 5.44. The first-order valence-electron chi connectivity index (χ1n) is 15.4. The molecule has 1 atom stereocenters. The number of halogens is 1. The number of hydrogen-bond acceptors (Lipinski definition) is 13. The lowest BCUT2D eigenvalue weighted by molar-refractivity contribution is -0.151. The summed E-state index contributed by atoms with van der Waals surface area (Å²) in [5.41, 5.74) is -2.45. The Bertz CT molecular complexity index is 2130. The van der Waals surface area contributed by atoms with E-state index >= 15 is 0 Å². The third-order valence-electron chi connectivity index (χ3n) is 8.96. The summed E-state index contributed by atoms with van der Waals surface area (Å²) in [7, 11) is 2.42. The van der Waals surface area contributed by atoms with E-state index in [-0.39, 0.29) is 62.0 Å². The molecule has 0 bridgehead atoms. The van der Waals surface area contributed by atoms with Crippen molar-refractivity contribution < 1.29 is 68.1 Å². The van der Waals surface area contributed by atoms with E-state index in [1.165, 1.54) is 60.8 Å². The number of ketones is 1. The van der Waals surface area contributed by atoms with E-state index in [1.54, 1.807) is 6.92 Å². The van der Waals surface area contributed by atoms with Gasteiger partial charge in [0.25, 0.3) is 0 Å². The highest BCUT2D eigenvalue weighted by Crippen LogP contribution is 2.44. The summed E-state index contributed by atoms with van der Waals surface area (Å²) < 4.78 is 26.8. The van der Waals surface area contributed by atoms with Crippen LogP contribution >= 0.6 is 11.6 Å². The van der Waals surface area contributed by atoms with Crippen LogP contribution in [-0.4, -0.2) is 69.9 Å². The Kier molecular flexibility index (Phi) is 10.8. The van der Waals surface area contributed by atoms with Crippen molar-refractivity contribution in [3.8, 4) is 34.5 Å². The molecule has 0 unspecified atom stereocenters. The fraction of sp³-hybridized carbons (Fsp3) is 0.270. The van der Waals surface area contributed by atoms with Crippen molar-refractivity contribution in [2.75, 3.05) is 14.2 Å². The first-order chi connectivity index (χ1) is 24.2. The molecule has 0 spiro atoms. The maximum Gasteiger partial charge on any atom is 0.356 e. The molecule has 274 valence electrons. The number of hydrogen-bond donors (Lipinski definition) is 4. The number of carbonyl (C=O) groups is 5. The average molecular weight is 739 g/mol. The predicted molar refractivity (Wildman–Crippen MR) is 184 cm³/mol. The molecule has 0 amide bonds. The molecule has 0 radical (unpaired) electrons. The van der Waals surface area contributed by atoms with Crippen molar-refractivity contribution in [3.63, 3.8) is 0 Å². The number of aromatic carboxylic acids is 1. The lowest BCUT2D eigenvalue weighted by atomic mass is 9.87. The number of ether oxygens (including phenoxy) is 5. The highest BCUT2D eigenvalue weighted by Gasteiger charge is 2.48. The van der Waals surface area contributed by atoms with Gasteiger partial charge in [-0.2, -0.15) is 0 Å². The Hall–Kier alpha value is -5.86. The second-order valence-corrected chi connectivity index (χ2v) is 12.4. The van der Waals surface area contributed by atoms with E-state index in [0.717, 1.165) is 19.3 Å². The van der Waals surface area contributed by atoms with E-state index in [0.29, 0.717) is 11.1 Å². The number of aryl methyl sites for hydroxylation is 1. The number of phenolic OH excluding ortho intramolecular Hbond substituents is 2. The molecule has 0 aliphatic heterocycles. The van der Waals surface area contributed by atoms with Gasteiger partial charge in [0.1, 0.15) is 50.5 Å². The van der Waals surface area contributed by atoms with Crippen LogP contribution in [0.2, 0.25) is 5.02 Å². The maximum absolute atomic E-state index is 13.5. The van der Waals surface area contributed by atoms with Gasteiger partial charge < -0.3 is 44.1 Å². The van der Waals surface area contributed by atoms with Crippen molar-refractivity contribution in [3.05, 3.63) is 90.7 Å². The van der Waals surface area contributed by atoms with Gasteiger partial charge in [-0.15, -0.1) is 0 Å². The molecular formula is C37H35ClO14. The summed E-state index contributed by atoms with van der Waals surface area (Å²) >= 11 is 6.39. The summed E-state index contributed by atoms with van der Waals surface area (Å²) in [6.45, 7) is 10.1. The van der Waals surface area contributed by atoms with Crippen LogP contribution in [0.15, 0.2) is 35.6 Å². The van der Waals surface area contributed by atoms with E-state index in [4.69, 9.17) is 35.3 Å². The van der Waals surface area contributed by atoms with Crippen LogP contribution in [0.3, 0.4) is 0 Å². The fourth-order valence-corrected chi connectivity index (χ4v) is 5.91. The van der Waals surface area contributed by atoms with Crippen LogP contribution in [0.1, 0.15) is 71.4 Å². The van der Waals surface area contributed by atoms with E-state index in [1.807, 2.05) is 0 Å². The number of methoxy groups -OCH3 is 2. The SMILES string of the molecule is COC1=CC(=O)C=C(C)[C@]1(O)C(=O)Oc1c(C)c(C)c(C(=O)Oc2cc(C)c(C(=O)Oc3cc(OC)c(C(=O)O)c(C)c3C)c(O)c2C)c(O)c1Cl. The van der Waals surface area contributed by atoms with Crippen molar-refractivity contribution in [2.45, 2.75) is 54.1 Å². The average Bonchev–Trinajstić information content (AvgIpc) is 3.07. The van der Waals surface area contributed by atoms with Crippen LogP contribution in [0.4, 0.5) is 0 Å². The minimum atomic E-state index is -2.49. The standard InChI is InChI=1S/C37H35ClO14/c1-14-10-22(20(7)30(40)26(14)34(44)51-23-13-24(48-8)27(33(42)43)17(4)16(23)3)50-35(45)28-18(5)19(6)32(29(38)31(28)41)52-36(46)37(47)15(2)11-21(39)12-25(37)49-9/h10-13,40-41,47H,1-9H3,(H,42,43)/t37-/m1/s1. The van der Waals surface area contributed by atoms with Crippen LogP contribution in [0.5, 0.6) is 34.5 Å². The third-order valence-corrected chi connectivity index (χ3v) is 9.31. The molecule has 1 aliphatic carbocycles. The molecule has 3 aromatic rings. The zero-order valence-corrected chi connectivity index (χ0v) is 30.3. The second-order valence-electron chi connectivity index (χ2n) is 12.0. The van der Waals surface area contributed by atoms with Crippen LogP contribution < -0.4 is 18.9 Å². The first kappa shape index (κ1) is 38.9. The van der Waals surface area contributed by atoms with Gasteiger partial charge in [-0.1, -0.05) is 11.6 Å². The lowest BCUT2D eigenvalue weighted by Gasteiger charge is -2.30. The zero-order chi connectivity index (χ0) is 39.1. The van der Waals surface area contributed by atoms with Crippen LogP contribution in [-0.2, 0) is 14.3 Å². The molecule has 4 rings (SSSR count). The Labute approximate surface area is 302 Å². The van der Waals surface area contributed by atoms with Crippen LogP contribution in [0, 0.1) is 41.5 Å². The third kappa shape index (κ3) is 6.53. The number of rotatable bonds is 9. The molecule has 4 N–H and O–H groups in total. The topological polar surface area (TPSA) is 212 Å². The molecule has 0 saturated carbocycles. The van der Waals surface area contributed by atoms with Crippen molar-refractivity contribution in [1.82, 2.24) is 0 Å². The van der Waals surface area contributed by atoms with E-state index < -0.39 is 63.1 Å². The molecule has 0 aromatic heterocycles. The Morgan fingerprint density at radius 3 is 1.79 bits per heavy atom. The quantitative estimate of drug-likeness (QED) is 0.159. The van der Waals surface area contributed by atoms with Crippen molar-refractivity contribution in [2.24, 2.45) is 0 Å². The molecule has 0 saturated heterocycles. The smallest absolute Gasteiger partial charge is 0.356 e. The van der Waals surface area contributed by atoms with Gasteiger partial charge in [0.05, 0.1) is 14.2 Å². The minimum absolute atomic E-state index is 0.00571. The first-order valence-corrected chi connectivity index (χ1v) is 15.7. The Morgan fingerprint density at radius 1 is 0.673 bits per heavy atom. The summed E-state index contributed by atoms with van der Waals surface area (Å²) in [5.74, 6) is -7.60. The molecule has 0 fully saturated rings. The van der Waals surface area contributed by atoms with Crippen molar-refractivity contribution in [1.29, 1.82) is 0 Å². The molecule has 0 heterocycles. The number of allylic oxidation sites excluding steroid dienone is 2. The molecule has 52 heavy (non-hydrogen) atoms. The van der Waals surface area contributed by atoms with Gasteiger partial charge in [-0.25, -0.2) is 19.2 Å². The van der Waals surface area contributed by atoms with Gasteiger partial charge in [0.2, 0.25) is 5.60 Å². The number of phenols is 2. The number of esters is 3. The van der Waals surface area contributed by atoms with Gasteiger partial charge in [-0.3, -0.25) is 4.79 Å². The highest BCUT2D eigenvalue weighted by molar-refractivity contribution is 6.34. The van der Waals surface area contributed by atoms with Crippen LogP contribution in [0.25, 0.3) is 0 Å². The number of benzene rings is 3. The summed E-state index contributed by atoms with van der Waals surface area (Å²) in [5, 5.41) is 42.3. The Balaban J connectivity index is 1.65. The Morgan fingerprint density at radius 2 is 1.23 bits per heavy atom. The fourth-order valence-electron chi connectivity index (χ4n) is 5.63. The van der Waals surface area contributed by atoms with Gasteiger partial charge >= 0.3 is 23.9 Å². The summed E-state index contributed by atoms with van der Waals surface area (Å²) in [6.07, 6.45) is 1.94. The lowest BCUT2D eigenvalue weighted by Crippen LogP contribution is -2.47. The summed E-state index contributed by atoms with van der Waals surface area (Å²) in [4.78, 5) is 63.8. The number of carboxylic acid groups (broad SMARTS) is 1. The normalized spacial score (nSPS) is 15.3. The minimum Gasteiger partial charge on any atom is -0.507 e. The van der Waals surface area contributed by atoms with Gasteiger partial charge in [0.15, 0.2) is 17.3 Å². The largest absolute Gasteiger partial charge is 0.507 e. The molecule has 15 heteroatoms. The monoisotopic (exact) mass is 738 g/mol. The zero-order valence-electron chi connectivity index (χ0n) is 29.6. The maximum atomic E-state index is 13.5. The highest BCUT2D eigenvalue weighted by atomic mass is 35.5. The van der Waals surface area contributed by atoms with E-state index in [9.17, 15) is 44.4 Å². The van der Waals surface area contributed by atoms with Gasteiger partial charge in [-0.05, 0) is 94.0 Å². The molecular weight excluding hydrogens is 704 g/mol. The molecule has 14 nitrogen and oxygen atoms in total. The number of carboxylic acids is 1. The van der Waals surface area contributed by atoms with E-state index in [2.05, 4.69) is 0 Å². The molecule has 3 aromatic carbocycles. The van der Waals surface area contributed by atoms with Gasteiger partial charge in [0, 0.05) is 17.7 Å². The number of aliphatic hydroxyl groups is 1. The molecule has 1 aliphatic rings. The summed E-state index contributed by atoms with van der Waals surface area (Å²) in [6, 6.07) is 2.54. The number of carbonyl (C=O) groups excluding carboxylic acids is 4.